The Kier molecular flexibility index (Phi) is 4.68. The molecular formula is C12H15BrN4S. The van der Waals surface area contributed by atoms with E-state index in [1.807, 2.05) is 13.1 Å². The van der Waals surface area contributed by atoms with Gasteiger partial charge in [0, 0.05) is 24.7 Å². The molecule has 2 N–H and O–H groups in total. The molecule has 0 atom stereocenters. The van der Waals surface area contributed by atoms with Gasteiger partial charge in [-0.3, -0.25) is 0 Å². The average Bonchev–Trinajstić information content (AvgIpc) is 2.82. The van der Waals surface area contributed by atoms with Crippen LogP contribution in [0.3, 0.4) is 0 Å². The number of hydrogen-bond donors (Lipinski definition) is 1. The van der Waals surface area contributed by atoms with E-state index < -0.39 is 0 Å². The fourth-order valence-corrected chi connectivity index (χ4v) is 3.05. The summed E-state index contributed by atoms with van der Waals surface area (Å²) in [7, 11) is 2.03. The van der Waals surface area contributed by atoms with Gasteiger partial charge in [0.25, 0.3) is 0 Å². The van der Waals surface area contributed by atoms with Gasteiger partial charge in [0.2, 0.25) is 0 Å². The molecule has 6 heteroatoms. The van der Waals surface area contributed by atoms with E-state index in [-0.39, 0.29) is 0 Å². The Balaban J connectivity index is 1.96. The van der Waals surface area contributed by atoms with E-state index in [4.69, 9.17) is 5.73 Å². The Bertz CT molecular complexity index is 514. The van der Waals surface area contributed by atoms with Crippen molar-refractivity contribution in [1.82, 2.24) is 9.97 Å². The number of aromatic nitrogens is 2. The highest BCUT2D eigenvalue weighted by Crippen LogP contribution is 2.22. The van der Waals surface area contributed by atoms with Crippen molar-refractivity contribution in [3.05, 3.63) is 38.9 Å². The van der Waals surface area contributed by atoms with Crippen molar-refractivity contribution in [2.24, 2.45) is 5.73 Å². The third kappa shape index (κ3) is 3.51. The Labute approximate surface area is 119 Å². The van der Waals surface area contributed by atoms with Gasteiger partial charge in [-0.2, -0.15) is 0 Å². The first kappa shape index (κ1) is 13.5. The zero-order valence-electron chi connectivity index (χ0n) is 10.1. The molecule has 0 aromatic carbocycles. The predicted molar refractivity (Wildman–Crippen MR) is 78.9 cm³/mol. The summed E-state index contributed by atoms with van der Waals surface area (Å²) in [5.41, 5.74) is 5.54. The van der Waals surface area contributed by atoms with Crippen LogP contribution in [0.1, 0.15) is 10.7 Å². The third-order valence-corrected chi connectivity index (χ3v) is 4.27. The van der Waals surface area contributed by atoms with Crippen LogP contribution in [0.15, 0.2) is 28.2 Å². The lowest BCUT2D eigenvalue weighted by Crippen LogP contribution is -2.22. The molecule has 0 bridgehead atoms. The summed E-state index contributed by atoms with van der Waals surface area (Å²) in [5, 5.41) is 0. The van der Waals surface area contributed by atoms with E-state index in [1.165, 1.54) is 8.66 Å². The van der Waals surface area contributed by atoms with E-state index in [0.29, 0.717) is 12.4 Å². The van der Waals surface area contributed by atoms with Crippen LogP contribution in [0, 0.1) is 0 Å². The van der Waals surface area contributed by atoms with Crippen molar-refractivity contribution in [1.29, 1.82) is 0 Å². The van der Waals surface area contributed by atoms with E-state index in [0.717, 1.165) is 18.8 Å². The van der Waals surface area contributed by atoms with Crippen LogP contribution < -0.4 is 10.6 Å². The molecule has 18 heavy (non-hydrogen) atoms. The van der Waals surface area contributed by atoms with Gasteiger partial charge in [0.15, 0.2) is 0 Å². The first-order valence-corrected chi connectivity index (χ1v) is 7.27. The maximum atomic E-state index is 5.54. The maximum Gasteiger partial charge on any atom is 0.144 e. The zero-order valence-corrected chi connectivity index (χ0v) is 12.5. The van der Waals surface area contributed by atoms with Crippen molar-refractivity contribution < 1.29 is 0 Å². The SMILES string of the molecule is CN(CCc1ccc(Br)s1)c1ccnc(CN)n1. The van der Waals surface area contributed by atoms with Gasteiger partial charge < -0.3 is 10.6 Å². The number of nitrogens with zero attached hydrogens (tertiary/aromatic N) is 3. The van der Waals surface area contributed by atoms with Crippen LogP contribution in [0.4, 0.5) is 5.82 Å². The first-order chi connectivity index (χ1) is 8.69. The number of likely N-dealkylation sites (N-methyl/N-ethyl adjacent to an activating group) is 1. The molecule has 2 heterocycles. The van der Waals surface area contributed by atoms with Crippen molar-refractivity contribution >= 4 is 33.1 Å². The van der Waals surface area contributed by atoms with Crippen LogP contribution in [0.2, 0.25) is 0 Å². The second kappa shape index (κ2) is 6.26. The van der Waals surface area contributed by atoms with E-state index in [9.17, 15) is 0 Å². The Hall–Kier alpha value is -0.980. The molecule has 2 aromatic rings. The number of nitrogens with two attached hydrogens (primary N) is 1. The second-order valence-corrected chi connectivity index (χ2v) is 6.46. The summed E-state index contributed by atoms with van der Waals surface area (Å²) in [6.07, 6.45) is 2.76. The summed E-state index contributed by atoms with van der Waals surface area (Å²) in [5.74, 6) is 1.60. The van der Waals surface area contributed by atoms with Gasteiger partial charge >= 0.3 is 0 Å². The normalized spacial score (nSPS) is 10.6. The molecule has 0 fully saturated rings. The second-order valence-electron chi connectivity index (χ2n) is 3.91. The zero-order chi connectivity index (χ0) is 13.0. The average molecular weight is 327 g/mol. The molecule has 0 aliphatic carbocycles. The molecule has 2 aromatic heterocycles. The summed E-state index contributed by atoms with van der Waals surface area (Å²) in [6.45, 7) is 1.30. The molecule has 0 radical (unpaired) electrons. The largest absolute Gasteiger partial charge is 0.359 e. The van der Waals surface area contributed by atoms with Gasteiger partial charge in [0.1, 0.15) is 11.6 Å². The molecule has 96 valence electrons. The van der Waals surface area contributed by atoms with Crippen molar-refractivity contribution in [2.75, 3.05) is 18.5 Å². The fraction of sp³-hybridized carbons (Fsp3) is 0.333. The van der Waals surface area contributed by atoms with Gasteiger partial charge in [-0.1, -0.05) is 0 Å². The number of rotatable bonds is 5. The Morgan fingerprint density at radius 1 is 1.39 bits per heavy atom. The highest BCUT2D eigenvalue weighted by atomic mass is 79.9. The smallest absolute Gasteiger partial charge is 0.144 e. The third-order valence-electron chi connectivity index (χ3n) is 2.59. The molecule has 0 saturated carbocycles. The Morgan fingerprint density at radius 3 is 2.89 bits per heavy atom. The van der Waals surface area contributed by atoms with Crippen molar-refractivity contribution in [3.63, 3.8) is 0 Å². The standard InChI is InChI=1S/C12H15BrN4S/c1-17(7-5-9-2-3-10(13)18-9)12-4-6-15-11(8-14)16-12/h2-4,6H,5,7-8,14H2,1H3. The van der Waals surface area contributed by atoms with E-state index >= 15 is 0 Å². The van der Waals surface area contributed by atoms with Gasteiger partial charge in [-0.15, -0.1) is 11.3 Å². The molecule has 0 aliphatic heterocycles. The maximum absolute atomic E-state index is 5.54. The van der Waals surface area contributed by atoms with Crippen LogP contribution in [-0.2, 0) is 13.0 Å². The lowest BCUT2D eigenvalue weighted by atomic mass is 10.3. The minimum Gasteiger partial charge on any atom is -0.359 e. The lowest BCUT2D eigenvalue weighted by Gasteiger charge is -2.17. The number of hydrogen-bond acceptors (Lipinski definition) is 5. The summed E-state index contributed by atoms with van der Waals surface area (Å²) < 4.78 is 1.17. The van der Waals surface area contributed by atoms with Crippen molar-refractivity contribution in [3.8, 4) is 0 Å². The molecule has 0 aliphatic rings. The molecular weight excluding hydrogens is 312 g/mol. The fourth-order valence-electron chi connectivity index (χ4n) is 1.58. The highest BCUT2D eigenvalue weighted by molar-refractivity contribution is 9.11. The minimum atomic E-state index is 0.375. The number of anilines is 1. The minimum absolute atomic E-state index is 0.375. The van der Waals surface area contributed by atoms with Gasteiger partial charge in [-0.25, -0.2) is 9.97 Å². The quantitative estimate of drug-likeness (QED) is 0.916. The highest BCUT2D eigenvalue weighted by Gasteiger charge is 2.05. The van der Waals surface area contributed by atoms with Gasteiger partial charge in [-0.05, 0) is 40.5 Å². The topological polar surface area (TPSA) is 55.0 Å². The molecule has 0 unspecified atom stereocenters. The Morgan fingerprint density at radius 2 is 2.22 bits per heavy atom. The molecule has 0 saturated heterocycles. The summed E-state index contributed by atoms with van der Waals surface area (Å²) in [6, 6.07) is 6.13. The van der Waals surface area contributed by atoms with Crippen LogP contribution in [0.5, 0.6) is 0 Å². The van der Waals surface area contributed by atoms with Crippen LogP contribution >= 0.6 is 27.3 Å². The number of halogens is 1. The van der Waals surface area contributed by atoms with E-state index in [2.05, 4.69) is 42.9 Å². The molecule has 0 spiro atoms. The monoisotopic (exact) mass is 326 g/mol. The molecule has 4 nitrogen and oxygen atoms in total. The first-order valence-electron chi connectivity index (χ1n) is 5.66. The van der Waals surface area contributed by atoms with Crippen LogP contribution in [0.25, 0.3) is 0 Å². The van der Waals surface area contributed by atoms with Crippen LogP contribution in [-0.4, -0.2) is 23.6 Å². The summed E-state index contributed by atoms with van der Waals surface area (Å²) in [4.78, 5) is 12.0. The predicted octanol–water partition coefficient (Wildman–Crippen LogP) is 2.44. The molecule has 0 amide bonds. The lowest BCUT2D eigenvalue weighted by molar-refractivity contribution is 0.836. The van der Waals surface area contributed by atoms with Crippen molar-refractivity contribution in [2.45, 2.75) is 13.0 Å². The molecule has 2 rings (SSSR count). The summed E-state index contributed by atoms with van der Waals surface area (Å²) >= 11 is 5.24. The van der Waals surface area contributed by atoms with E-state index in [1.54, 1.807) is 17.5 Å². The van der Waals surface area contributed by atoms with Gasteiger partial charge in [0.05, 0.1) is 10.3 Å². The number of thiophene rings is 1.